The van der Waals surface area contributed by atoms with E-state index in [2.05, 4.69) is 10.6 Å². The lowest BCUT2D eigenvalue weighted by Gasteiger charge is -2.20. The zero-order valence-corrected chi connectivity index (χ0v) is 11.9. The van der Waals surface area contributed by atoms with Crippen LogP contribution in [-0.2, 0) is 11.2 Å². The molecule has 0 saturated carbocycles. The molecule has 1 aromatic rings. The van der Waals surface area contributed by atoms with Crippen molar-refractivity contribution in [3.63, 3.8) is 0 Å². The Labute approximate surface area is 123 Å². The molecule has 4 rings (SSSR count). The van der Waals surface area contributed by atoms with Crippen molar-refractivity contribution in [3.8, 4) is 0 Å². The van der Waals surface area contributed by atoms with E-state index in [1.165, 1.54) is 0 Å². The number of nitrogens with zero attached hydrogens (tertiary/aromatic N) is 1. The van der Waals surface area contributed by atoms with Gasteiger partial charge in [0.25, 0.3) is 5.91 Å². The predicted octanol–water partition coefficient (Wildman–Crippen LogP) is 0.863. The van der Waals surface area contributed by atoms with Gasteiger partial charge in [-0.25, -0.2) is 0 Å². The first-order chi connectivity index (χ1) is 10.2. The molecular formula is C16H19N3O2. The van der Waals surface area contributed by atoms with Gasteiger partial charge in [-0.3, -0.25) is 9.59 Å². The molecule has 3 aliphatic heterocycles. The minimum atomic E-state index is 0.0569. The lowest BCUT2D eigenvalue weighted by Crippen LogP contribution is -2.32. The maximum Gasteiger partial charge on any atom is 0.253 e. The summed E-state index contributed by atoms with van der Waals surface area (Å²) in [7, 11) is 0. The van der Waals surface area contributed by atoms with Gasteiger partial charge in [0.15, 0.2) is 0 Å². The number of aryl methyl sites for hydroxylation is 1. The van der Waals surface area contributed by atoms with E-state index in [0.29, 0.717) is 18.3 Å². The SMILES string of the molecule is O=C1CCc2cc(C(=O)N3C[C@H]4CNC[C@H]4C3)ccc2N1. The van der Waals surface area contributed by atoms with Gasteiger partial charge >= 0.3 is 0 Å². The van der Waals surface area contributed by atoms with Crippen molar-refractivity contribution in [3.05, 3.63) is 29.3 Å². The van der Waals surface area contributed by atoms with Crippen LogP contribution in [0.3, 0.4) is 0 Å². The number of carbonyl (C=O) groups is 2. The van der Waals surface area contributed by atoms with Crippen LogP contribution >= 0.6 is 0 Å². The first kappa shape index (κ1) is 12.8. The van der Waals surface area contributed by atoms with Gasteiger partial charge in [-0.15, -0.1) is 0 Å². The van der Waals surface area contributed by atoms with E-state index in [-0.39, 0.29) is 11.8 Å². The number of hydrogen-bond donors (Lipinski definition) is 2. The highest BCUT2D eigenvalue weighted by molar-refractivity contribution is 5.98. The molecule has 0 unspecified atom stereocenters. The average Bonchev–Trinajstić information content (AvgIpc) is 3.07. The first-order valence-corrected chi connectivity index (χ1v) is 7.63. The maximum atomic E-state index is 12.6. The number of nitrogens with one attached hydrogen (secondary N) is 2. The summed E-state index contributed by atoms with van der Waals surface area (Å²) in [6.07, 6.45) is 1.22. The minimum Gasteiger partial charge on any atom is -0.338 e. The zero-order valence-electron chi connectivity index (χ0n) is 11.9. The third-order valence-electron chi connectivity index (χ3n) is 4.92. The molecule has 2 saturated heterocycles. The average molecular weight is 285 g/mol. The van der Waals surface area contributed by atoms with Crippen molar-refractivity contribution in [2.75, 3.05) is 31.5 Å². The Bertz CT molecular complexity index is 602. The molecule has 0 bridgehead atoms. The van der Waals surface area contributed by atoms with E-state index in [1.807, 2.05) is 23.1 Å². The summed E-state index contributed by atoms with van der Waals surface area (Å²) >= 11 is 0. The van der Waals surface area contributed by atoms with E-state index in [0.717, 1.165) is 49.4 Å². The second-order valence-electron chi connectivity index (χ2n) is 6.31. The number of benzene rings is 1. The minimum absolute atomic E-state index is 0.0569. The topological polar surface area (TPSA) is 61.4 Å². The summed E-state index contributed by atoms with van der Waals surface area (Å²) in [5.74, 6) is 1.42. The number of likely N-dealkylation sites (tertiary alicyclic amines) is 1. The molecule has 2 atom stereocenters. The first-order valence-electron chi connectivity index (χ1n) is 7.63. The van der Waals surface area contributed by atoms with Crippen LogP contribution in [0.15, 0.2) is 18.2 Å². The van der Waals surface area contributed by atoms with Crippen LogP contribution in [0.5, 0.6) is 0 Å². The molecule has 5 heteroatoms. The van der Waals surface area contributed by atoms with Gasteiger partial charge in [-0.2, -0.15) is 0 Å². The second-order valence-corrected chi connectivity index (χ2v) is 6.31. The van der Waals surface area contributed by atoms with Crippen LogP contribution in [0.1, 0.15) is 22.3 Å². The molecule has 3 heterocycles. The fraction of sp³-hybridized carbons (Fsp3) is 0.500. The molecule has 2 amide bonds. The Morgan fingerprint density at radius 1 is 1.14 bits per heavy atom. The maximum absolute atomic E-state index is 12.6. The summed E-state index contributed by atoms with van der Waals surface area (Å²) < 4.78 is 0. The van der Waals surface area contributed by atoms with Crippen molar-refractivity contribution < 1.29 is 9.59 Å². The van der Waals surface area contributed by atoms with Gasteiger partial charge in [0.1, 0.15) is 0 Å². The Kier molecular flexibility index (Phi) is 2.96. The fourth-order valence-corrected chi connectivity index (χ4v) is 3.72. The van der Waals surface area contributed by atoms with E-state index in [9.17, 15) is 9.59 Å². The number of amides is 2. The molecule has 21 heavy (non-hydrogen) atoms. The normalized spacial score (nSPS) is 27.2. The van der Waals surface area contributed by atoms with Gasteiger partial charge < -0.3 is 15.5 Å². The lowest BCUT2D eigenvalue weighted by molar-refractivity contribution is -0.116. The smallest absolute Gasteiger partial charge is 0.253 e. The Balaban J connectivity index is 1.54. The van der Waals surface area contributed by atoms with Crippen LogP contribution in [0.25, 0.3) is 0 Å². The third-order valence-corrected chi connectivity index (χ3v) is 4.92. The van der Waals surface area contributed by atoms with Crippen molar-refractivity contribution in [2.24, 2.45) is 11.8 Å². The lowest BCUT2D eigenvalue weighted by atomic mass is 10.00. The van der Waals surface area contributed by atoms with E-state index in [1.54, 1.807) is 0 Å². The summed E-state index contributed by atoms with van der Waals surface area (Å²) in [6, 6.07) is 5.64. The highest BCUT2D eigenvalue weighted by atomic mass is 16.2. The Morgan fingerprint density at radius 2 is 1.90 bits per heavy atom. The molecule has 2 N–H and O–H groups in total. The number of anilines is 1. The van der Waals surface area contributed by atoms with Crippen molar-refractivity contribution in [1.82, 2.24) is 10.2 Å². The van der Waals surface area contributed by atoms with Crippen LogP contribution in [0.4, 0.5) is 5.69 Å². The number of fused-ring (bicyclic) bond motifs is 2. The highest BCUT2D eigenvalue weighted by Crippen LogP contribution is 2.29. The second kappa shape index (κ2) is 4.84. The fourth-order valence-electron chi connectivity index (χ4n) is 3.72. The predicted molar refractivity (Wildman–Crippen MR) is 79.1 cm³/mol. The third kappa shape index (κ3) is 2.21. The van der Waals surface area contributed by atoms with E-state index >= 15 is 0 Å². The van der Waals surface area contributed by atoms with Crippen molar-refractivity contribution >= 4 is 17.5 Å². The van der Waals surface area contributed by atoms with Crippen LogP contribution in [0, 0.1) is 11.8 Å². The zero-order chi connectivity index (χ0) is 14.4. The van der Waals surface area contributed by atoms with E-state index in [4.69, 9.17) is 0 Å². The largest absolute Gasteiger partial charge is 0.338 e. The molecule has 1 aromatic carbocycles. The standard InChI is InChI=1S/C16H19N3O2/c20-15-4-2-10-5-11(1-3-14(10)18-15)16(21)19-8-12-6-17-7-13(12)9-19/h1,3,5,12-13,17H,2,4,6-9H2,(H,18,20)/t12-,13+. The monoisotopic (exact) mass is 285 g/mol. The van der Waals surface area contributed by atoms with Crippen LogP contribution in [-0.4, -0.2) is 42.9 Å². The van der Waals surface area contributed by atoms with Crippen LogP contribution in [0.2, 0.25) is 0 Å². The van der Waals surface area contributed by atoms with Gasteiger partial charge in [-0.1, -0.05) is 0 Å². The quantitative estimate of drug-likeness (QED) is 0.804. The van der Waals surface area contributed by atoms with Gasteiger partial charge in [0, 0.05) is 43.9 Å². The number of rotatable bonds is 1. The molecule has 2 fully saturated rings. The van der Waals surface area contributed by atoms with Gasteiger partial charge in [0.2, 0.25) is 5.91 Å². The Hall–Kier alpha value is -1.88. The molecule has 110 valence electrons. The molecule has 0 aromatic heterocycles. The van der Waals surface area contributed by atoms with Gasteiger partial charge in [0.05, 0.1) is 0 Å². The molecule has 5 nitrogen and oxygen atoms in total. The van der Waals surface area contributed by atoms with Crippen LogP contribution < -0.4 is 10.6 Å². The van der Waals surface area contributed by atoms with E-state index < -0.39 is 0 Å². The Morgan fingerprint density at radius 3 is 2.67 bits per heavy atom. The summed E-state index contributed by atoms with van der Waals surface area (Å²) in [5.41, 5.74) is 2.67. The molecule has 0 aliphatic carbocycles. The van der Waals surface area contributed by atoms with Crippen molar-refractivity contribution in [2.45, 2.75) is 12.8 Å². The number of carbonyl (C=O) groups excluding carboxylic acids is 2. The number of hydrogen-bond acceptors (Lipinski definition) is 3. The molecule has 3 aliphatic rings. The highest BCUT2D eigenvalue weighted by Gasteiger charge is 2.38. The van der Waals surface area contributed by atoms with Gasteiger partial charge in [-0.05, 0) is 42.0 Å². The summed E-state index contributed by atoms with van der Waals surface area (Å²) in [4.78, 5) is 26.0. The molecular weight excluding hydrogens is 266 g/mol. The molecule has 0 spiro atoms. The summed E-state index contributed by atoms with van der Waals surface area (Å²) in [5, 5.41) is 6.25. The molecule has 0 radical (unpaired) electrons. The summed E-state index contributed by atoms with van der Waals surface area (Å²) in [6.45, 7) is 3.80. The van der Waals surface area contributed by atoms with Crippen molar-refractivity contribution in [1.29, 1.82) is 0 Å².